The molecule has 3 aromatic rings. The van der Waals surface area contributed by atoms with E-state index < -0.39 is 0 Å². The molecule has 2 aromatic heterocycles. The summed E-state index contributed by atoms with van der Waals surface area (Å²) in [4.78, 5) is 11.5. The Bertz CT molecular complexity index is 850. The lowest BCUT2D eigenvalue weighted by atomic mass is 10.1. The van der Waals surface area contributed by atoms with Crippen molar-refractivity contribution in [3.8, 4) is 5.75 Å². The molecule has 0 saturated carbocycles. The van der Waals surface area contributed by atoms with Crippen molar-refractivity contribution in [2.45, 2.75) is 26.1 Å². The molecule has 6 heteroatoms. The predicted octanol–water partition coefficient (Wildman–Crippen LogP) is 3.57. The van der Waals surface area contributed by atoms with Gasteiger partial charge in [0.05, 0.1) is 5.69 Å². The van der Waals surface area contributed by atoms with Crippen LogP contribution in [0.1, 0.15) is 27.9 Å². The summed E-state index contributed by atoms with van der Waals surface area (Å²) in [5.41, 5.74) is 3.60. The molecule has 1 atom stereocenters. The summed E-state index contributed by atoms with van der Waals surface area (Å²) in [6.07, 6.45) is 3.79. The molecule has 1 aromatic carbocycles. The fourth-order valence-electron chi connectivity index (χ4n) is 3.31. The Morgan fingerprint density at radius 1 is 1.26 bits per heavy atom. The van der Waals surface area contributed by atoms with Crippen molar-refractivity contribution in [3.05, 3.63) is 76.0 Å². The third-order valence-electron chi connectivity index (χ3n) is 4.77. The number of aromatic nitrogens is 2. The summed E-state index contributed by atoms with van der Waals surface area (Å²) in [6.45, 7) is 6.39. The number of pyridine rings is 1. The third kappa shape index (κ3) is 4.71. The minimum atomic E-state index is 0.335. The van der Waals surface area contributed by atoms with Crippen LogP contribution in [0, 0.1) is 6.92 Å². The van der Waals surface area contributed by atoms with Gasteiger partial charge in [-0.2, -0.15) is 0 Å². The maximum Gasteiger partial charge on any atom is 0.140 e. The topological polar surface area (TPSA) is 50.3 Å². The Morgan fingerprint density at radius 2 is 2.15 bits per heavy atom. The molecule has 0 bridgehead atoms. The quantitative estimate of drug-likeness (QED) is 0.708. The van der Waals surface area contributed by atoms with Crippen LogP contribution < -0.4 is 10.1 Å². The molecular formula is C21H24N4OS. The van der Waals surface area contributed by atoms with Gasteiger partial charge in [0.2, 0.25) is 0 Å². The van der Waals surface area contributed by atoms with E-state index in [1.165, 1.54) is 11.1 Å². The van der Waals surface area contributed by atoms with Crippen molar-refractivity contribution < 1.29 is 4.74 Å². The Morgan fingerprint density at radius 3 is 2.96 bits per heavy atom. The summed E-state index contributed by atoms with van der Waals surface area (Å²) in [7, 11) is 0. The number of piperazine rings is 1. The molecule has 0 radical (unpaired) electrons. The summed E-state index contributed by atoms with van der Waals surface area (Å²) in [6, 6.07) is 12.6. The Labute approximate surface area is 164 Å². The smallest absolute Gasteiger partial charge is 0.140 e. The van der Waals surface area contributed by atoms with Gasteiger partial charge in [-0.15, -0.1) is 11.3 Å². The van der Waals surface area contributed by atoms with Gasteiger partial charge in [0.15, 0.2) is 0 Å². The van der Waals surface area contributed by atoms with Crippen molar-refractivity contribution in [1.82, 2.24) is 20.2 Å². The van der Waals surface area contributed by atoms with Crippen LogP contribution in [-0.2, 0) is 13.2 Å². The first-order chi connectivity index (χ1) is 13.3. The lowest BCUT2D eigenvalue weighted by Crippen LogP contribution is -2.45. The van der Waals surface area contributed by atoms with Crippen LogP contribution in [0.4, 0.5) is 0 Å². The molecule has 1 saturated heterocycles. The van der Waals surface area contributed by atoms with E-state index in [9.17, 15) is 0 Å². The number of rotatable bonds is 6. The normalized spacial score (nSPS) is 17.7. The molecule has 27 heavy (non-hydrogen) atoms. The van der Waals surface area contributed by atoms with Crippen LogP contribution in [0.2, 0.25) is 0 Å². The molecule has 0 aliphatic carbocycles. The minimum Gasteiger partial charge on any atom is -0.486 e. The van der Waals surface area contributed by atoms with Crippen LogP contribution in [-0.4, -0.2) is 34.5 Å². The van der Waals surface area contributed by atoms with Crippen LogP contribution in [0.5, 0.6) is 5.75 Å². The lowest BCUT2D eigenvalue weighted by molar-refractivity contribution is 0.152. The van der Waals surface area contributed by atoms with E-state index in [1.54, 1.807) is 11.3 Å². The van der Waals surface area contributed by atoms with Crippen molar-refractivity contribution in [2.24, 2.45) is 0 Å². The second-order valence-corrected chi connectivity index (χ2v) is 7.75. The monoisotopic (exact) mass is 380 g/mol. The van der Waals surface area contributed by atoms with Crippen LogP contribution in [0.15, 0.2) is 54.2 Å². The molecular weight excluding hydrogens is 356 g/mol. The highest BCUT2D eigenvalue weighted by molar-refractivity contribution is 7.09. The van der Waals surface area contributed by atoms with E-state index in [2.05, 4.69) is 45.7 Å². The standard InChI is InChI=1S/C21H24N4OS/c1-16-4-6-19(7-5-16)26-14-21-24-18(15-27-21)13-25-10-9-23-12-20(25)17-3-2-8-22-11-17/h2-8,11,15,20,23H,9-10,12-14H2,1H3. The molecule has 1 aliphatic rings. The molecule has 1 aliphatic heterocycles. The first-order valence-corrected chi connectivity index (χ1v) is 10.1. The van der Waals surface area contributed by atoms with Crippen LogP contribution in [0.25, 0.3) is 0 Å². The molecule has 1 fully saturated rings. The maximum absolute atomic E-state index is 5.86. The first-order valence-electron chi connectivity index (χ1n) is 9.25. The number of hydrogen-bond donors (Lipinski definition) is 1. The van der Waals surface area contributed by atoms with E-state index in [1.807, 2.05) is 30.6 Å². The number of nitrogens with one attached hydrogen (secondary N) is 1. The number of ether oxygens (including phenoxy) is 1. The molecule has 1 N–H and O–H groups in total. The van der Waals surface area contributed by atoms with Gasteiger partial charge >= 0.3 is 0 Å². The summed E-state index contributed by atoms with van der Waals surface area (Å²) in [5.74, 6) is 0.885. The fraction of sp³-hybridized carbons (Fsp3) is 0.333. The van der Waals surface area contributed by atoms with Gasteiger partial charge < -0.3 is 10.1 Å². The molecule has 0 spiro atoms. The molecule has 4 rings (SSSR count). The second kappa shape index (κ2) is 8.61. The lowest BCUT2D eigenvalue weighted by Gasteiger charge is -2.35. The Balaban J connectivity index is 1.38. The van der Waals surface area contributed by atoms with Gasteiger partial charge in [0.25, 0.3) is 0 Å². The highest BCUT2D eigenvalue weighted by atomic mass is 32.1. The SMILES string of the molecule is Cc1ccc(OCc2nc(CN3CCNCC3c3cccnc3)cs2)cc1. The average Bonchev–Trinajstić information content (AvgIpc) is 3.16. The van der Waals surface area contributed by atoms with Crippen LogP contribution >= 0.6 is 11.3 Å². The highest BCUT2D eigenvalue weighted by Crippen LogP contribution is 2.24. The Hall–Kier alpha value is -2.28. The molecule has 140 valence electrons. The molecule has 0 amide bonds. The van der Waals surface area contributed by atoms with Gasteiger partial charge in [-0.3, -0.25) is 9.88 Å². The van der Waals surface area contributed by atoms with E-state index >= 15 is 0 Å². The molecule has 1 unspecified atom stereocenters. The maximum atomic E-state index is 5.86. The number of hydrogen-bond acceptors (Lipinski definition) is 6. The van der Waals surface area contributed by atoms with Crippen molar-refractivity contribution in [2.75, 3.05) is 19.6 Å². The van der Waals surface area contributed by atoms with Gasteiger partial charge in [-0.05, 0) is 30.7 Å². The zero-order valence-corrected chi connectivity index (χ0v) is 16.3. The van der Waals surface area contributed by atoms with Gasteiger partial charge in [-0.25, -0.2) is 4.98 Å². The van der Waals surface area contributed by atoms with Crippen molar-refractivity contribution in [3.63, 3.8) is 0 Å². The molecule has 5 nitrogen and oxygen atoms in total. The van der Waals surface area contributed by atoms with Gasteiger partial charge in [-0.1, -0.05) is 23.8 Å². The zero-order chi connectivity index (χ0) is 18.5. The number of benzene rings is 1. The van der Waals surface area contributed by atoms with Crippen molar-refractivity contribution >= 4 is 11.3 Å². The highest BCUT2D eigenvalue weighted by Gasteiger charge is 2.24. The minimum absolute atomic E-state index is 0.335. The van der Waals surface area contributed by atoms with Gasteiger partial charge in [0.1, 0.15) is 17.4 Å². The van der Waals surface area contributed by atoms with E-state index in [0.717, 1.165) is 42.6 Å². The van der Waals surface area contributed by atoms with Gasteiger partial charge in [0, 0.05) is 50.0 Å². The average molecular weight is 381 g/mol. The third-order valence-corrected chi connectivity index (χ3v) is 5.64. The fourth-order valence-corrected chi connectivity index (χ4v) is 4.01. The van der Waals surface area contributed by atoms with Crippen LogP contribution in [0.3, 0.4) is 0 Å². The van der Waals surface area contributed by atoms with Crippen molar-refractivity contribution in [1.29, 1.82) is 0 Å². The summed E-state index contributed by atoms with van der Waals surface area (Å²) in [5, 5.41) is 6.65. The summed E-state index contributed by atoms with van der Waals surface area (Å²) >= 11 is 1.67. The number of aryl methyl sites for hydroxylation is 1. The predicted molar refractivity (Wildman–Crippen MR) is 108 cm³/mol. The largest absolute Gasteiger partial charge is 0.486 e. The van der Waals surface area contributed by atoms with E-state index in [4.69, 9.17) is 9.72 Å². The molecule has 3 heterocycles. The number of thiazole rings is 1. The zero-order valence-electron chi connectivity index (χ0n) is 15.5. The van der Waals surface area contributed by atoms with E-state index in [0.29, 0.717) is 12.6 Å². The summed E-state index contributed by atoms with van der Waals surface area (Å²) < 4.78 is 5.86. The first kappa shape index (κ1) is 18.1. The number of nitrogens with zero attached hydrogens (tertiary/aromatic N) is 3. The van der Waals surface area contributed by atoms with E-state index in [-0.39, 0.29) is 0 Å². The Kier molecular flexibility index (Phi) is 5.77. The second-order valence-electron chi connectivity index (χ2n) is 6.81.